The van der Waals surface area contributed by atoms with Crippen molar-refractivity contribution in [3.63, 3.8) is 0 Å². The maximum absolute atomic E-state index is 9.24. The van der Waals surface area contributed by atoms with Gasteiger partial charge in [-0.25, -0.2) is 0 Å². The van der Waals surface area contributed by atoms with E-state index in [0.29, 0.717) is 0 Å². The third-order valence-corrected chi connectivity index (χ3v) is 8.59. The first-order valence-corrected chi connectivity index (χ1v) is 19.3. The summed E-state index contributed by atoms with van der Waals surface area (Å²) in [6.07, 6.45) is 46.7. The minimum atomic E-state index is -0.968. The van der Waals surface area contributed by atoms with Crippen LogP contribution in [0, 0.1) is 0 Å². The van der Waals surface area contributed by atoms with Gasteiger partial charge in [0.1, 0.15) is 0 Å². The van der Waals surface area contributed by atoms with Crippen LogP contribution in [0.1, 0.15) is 219 Å². The van der Waals surface area contributed by atoms with Crippen LogP contribution < -0.4 is 11.1 Å². The SMILES string of the molecule is CCCCCCCCCCCCCCCCCCNCCCCCCCCCCCCCCCCCC.NCC(=O)O. The van der Waals surface area contributed by atoms with Crippen molar-refractivity contribution >= 4 is 5.97 Å². The van der Waals surface area contributed by atoms with E-state index in [-0.39, 0.29) is 6.54 Å². The Kier molecular flexibility index (Phi) is 44.1. The summed E-state index contributed by atoms with van der Waals surface area (Å²) >= 11 is 0. The standard InChI is InChI=1S/C36H75N.C2H5NO2/c1-3-5-7-9-11-13-15-17-19-21-23-25-27-29-31-33-35-37-36-34-32-30-28-26-24-22-20-18-16-14-12-10-8-6-4-2;3-1-2(4)5/h37H,3-36H2,1-2H3;1,3H2,(H,4,5). The predicted molar refractivity (Wildman–Crippen MR) is 189 cm³/mol. The van der Waals surface area contributed by atoms with Gasteiger partial charge in [-0.15, -0.1) is 0 Å². The Morgan fingerprint density at radius 2 is 0.571 bits per heavy atom. The summed E-state index contributed by atoms with van der Waals surface area (Å²) in [4.78, 5) is 9.24. The number of nitrogens with two attached hydrogens (primary N) is 1. The molecule has 42 heavy (non-hydrogen) atoms. The number of nitrogens with one attached hydrogen (secondary N) is 1. The van der Waals surface area contributed by atoms with E-state index in [1.165, 1.54) is 219 Å². The maximum atomic E-state index is 9.24. The van der Waals surface area contributed by atoms with Gasteiger partial charge in [-0.1, -0.05) is 206 Å². The van der Waals surface area contributed by atoms with Gasteiger partial charge in [0.2, 0.25) is 0 Å². The molecule has 0 aliphatic heterocycles. The molecule has 0 aromatic rings. The quantitative estimate of drug-likeness (QED) is 0.0636. The van der Waals surface area contributed by atoms with E-state index in [0.717, 1.165) is 0 Å². The van der Waals surface area contributed by atoms with Crippen LogP contribution >= 0.6 is 0 Å². The van der Waals surface area contributed by atoms with Gasteiger partial charge in [-0.2, -0.15) is 0 Å². The van der Waals surface area contributed by atoms with Crippen LogP contribution in [0.25, 0.3) is 0 Å². The van der Waals surface area contributed by atoms with E-state index in [2.05, 4.69) is 24.9 Å². The first-order valence-electron chi connectivity index (χ1n) is 19.3. The van der Waals surface area contributed by atoms with Crippen LogP contribution in [0.15, 0.2) is 0 Å². The fourth-order valence-electron chi connectivity index (χ4n) is 5.72. The molecule has 4 N–H and O–H groups in total. The number of hydrogen-bond donors (Lipinski definition) is 3. The molecular formula is C38H80N2O2. The summed E-state index contributed by atoms with van der Waals surface area (Å²) in [5.41, 5.74) is 4.57. The highest BCUT2D eigenvalue weighted by molar-refractivity contribution is 5.68. The largest absolute Gasteiger partial charge is 0.480 e. The monoisotopic (exact) mass is 597 g/mol. The van der Waals surface area contributed by atoms with Crippen molar-refractivity contribution in [1.82, 2.24) is 5.32 Å². The highest BCUT2D eigenvalue weighted by Gasteiger charge is 1.97. The smallest absolute Gasteiger partial charge is 0.317 e. The average Bonchev–Trinajstić information content (AvgIpc) is 2.99. The van der Waals surface area contributed by atoms with Crippen LogP contribution in [0.2, 0.25) is 0 Å². The van der Waals surface area contributed by atoms with Crippen LogP contribution in [0.5, 0.6) is 0 Å². The lowest BCUT2D eigenvalue weighted by Crippen LogP contribution is -2.16. The van der Waals surface area contributed by atoms with Crippen molar-refractivity contribution in [1.29, 1.82) is 0 Å². The second kappa shape index (κ2) is 42.5. The Morgan fingerprint density at radius 1 is 0.405 bits per heavy atom. The summed E-state index contributed by atoms with van der Waals surface area (Å²) in [6, 6.07) is 0. The molecule has 254 valence electrons. The lowest BCUT2D eigenvalue weighted by atomic mass is 10.0. The minimum Gasteiger partial charge on any atom is -0.480 e. The van der Waals surface area contributed by atoms with Gasteiger partial charge < -0.3 is 16.2 Å². The number of rotatable bonds is 35. The molecule has 0 spiro atoms. The highest BCUT2D eigenvalue weighted by Crippen LogP contribution is 2.15. The Balaban J connectivity index is 0. The molecule has 4 nitrogen and oxygen atoms in total. The number of carbonyl (C=O) groups is 1. The second-order valence-corrected chi connectivity index (χ2v) is 13.0. The van der Waals surface area contributed by atoms with Crippen molar-refractivity contribution in [3.8, 4) is 0 Å². The summed E-state index contributed by atoms with van der Waals surface area (Å²) in [5, 5.41) is 11.3. The number of unbranched alkanes of at least 4 members (excludes halogenated alkanes) is 30. The van der Waals surface area contributed by atoms with Gasteiger partial charge in [-0.3, -0.25) is 4.79 Å². The third-order valence-electron chi connectivity index (χ3n) is 8.59. The molecule has 0 heterocycles. The molecule has 0 rings (SSSR count). The zero-order valence-electron chi connectivity index (χ0n) is 29.2. The van der Waals surface area contributed by atoms with Gasteiger partial charge >= 0.3 is 5.97 Å². The zero-order chi connectivity index (χ0) is 31.0. The number of hydrogen-bond acceptors (Lipinski definition) is 3. The molecule has 0 radical (unpaired) electrons. The molecular weight excluding hydrogens is 516 g/mol. The minimum absolute atomic E-state index is 0.278. The molecule has 0 atom stereocenters. The average molecular weight is 597 g/mol. The third kappa shape index (κ3) is 46.4. The fraction of sp³-hybridized carbons (Fsp3) is 0.974. The van der Waals surface area contributed by atoms with Crippen molar-refractivity contribution < 1.29 is 9.90 Å². The van der Waals surface area contributed by atoms with Gasteiger partial charge in [0.25, 0.3) is 0 Å². The molecule has 0 unspecified atom stereocenters. The number of carboxylic acids is 1. The van der Waals surface area contributed by atoms with Gasteiger partial charge in [0.05, 0.1) is 6.54 Å². The Morgan fingerprint density at radius 3 is 0.738 bits per heavy atom. The highest BCUT2D eigenvalue weighted by atomic mass is 16.4. The second-order valence-electron chi connectivity index (χ2n) is 13.0. The summed E-state index contributed by atoms with van der Waals surface area (Å²) < 4.78 is 0. The normalized spacial score (nSPS) is 11.0. The lowest BCUT2D eigenvalue weighted by Gasteiger charge is -2.06. The number of aliphatic carboxylic acids is 1. The molecule has 0 aliphatic carbocycles. The first kappa shape index (κ1) is 43.5. The molecule has 0 bridgehead atoms. The maximum Gasteiger partial charge on any atom is 0.317 e. The molecule has 0 saturated carbocycles. The molecule has 0 aliphatic rings. The zero-order valence-corrected chi connectivity index (χ0v) is 29.2. The van der Waals surface area contributed by atoms with E-state index in [1.807, 2.05) is 0 Å². The van der Waals surface area contributed by atoms with Crippen molar-refractivity contribution in [2.45, 2.75) is 219 Å². The lowest BCUT2D eigenvalue weighted by molar-refractivity contribution is -0.135. The topological polar surface area (TPSA) is 75.3 Å². The Labute approximate surface area is 265 Å². The predicted octanol–water partition coefficient (Wildman–Crippen LogP) is 12.1. The summed E-state index contributed by atoms with van der Waals surface area (Å²) in [5.74, 6) is -0.968. The molecule has 0 saturated heterocycles. The fourth-order valence-corrected chi connectivity index (χ4v) is 5.72. The van der Waals surface area contributed by atoms with Crippen LogP contribution in [0.3, 0.4) is 0 Å². The molecule has 0 amide bonds. The van der Waals surface area contributed by atoms with Gasteiger partial charge in [-0.05, 0) is 25.9 Å². The van der Waals surface area contributed by atoms with E-state index < -0.39 is 5.97 Å². The number of carboxylic acid groups (broad SMARTS) is 1. The van der Waals surface area contributed by atoms with Crippen molar-refractivity contribution in [2.75, 3.05) is 19.6 Å². The molecule has 0 aromatic heterocycles. The Hall–Kier alpha value is -0.610. The molecule has 0 fully saturated rings. The molecule has 4 heteroatoms. The van der Waals surface area contributed by atoms with Crippen LogP contribution in [-0.4, -0.2) is 30.7 Å². The van der Waals surface area contributed by atoms with E-state index in [9.17, 15) is 4.79 Å². The van der Waals surface area contributed by atoms with Gasteiger partial charge in [0.15, 0.2) is 0 Å². The van der Waals surface area contributed by atoms with Crippen molar-refractivity contribution in [3.05, 3.63) is 0 Å². The first-order chi connectivity index (χ1) is 20.7. The van der Waals surface area contributed by atoms with E-state index in [1.54, 1.807) is 0 Å². The van der Waals surface area contributed by atoms with E-state index >= 15 is 0 Å². The van der Waals surface area contributed by atoms with Crippen LogP contribution in [-0.2, 0) is 4.79 Å². The molecule has 0 aromatic carbocycles. The van der Waals surface area contributed by atoms with Gasteiger partial charge in [0, 0.05) is 0 Å². The summed E-state index contributed by atoms with van der Waals surface area (Å²) in [7, 11) is 0. The van der Waals surface area contributed by atoms with E-state index in [4.69, 9.17) is 5.11 Å². The summed E-state index contributed by atoms with van der Waals surface area (Å²) in [6.45, 7) is 6.83. The van der Waals surface area contributed by atoms with Crippen LogP contribution in [0.4, 0.5) is 0 Å². The Bertz CT molecular complexity index is 438. The van der Waals surface area contributed by atoms with Crippen molar-refractivity contribution in [2.24, 2.45) is 5.73 Å².